The van der Waals surface area contributed by atoms with Crippen molar-refractivity contribution in [3.63, 3.8) is 0 Å². The Balaban J connectivity index is 1.01. The monoisotopic (exact) mass is 669 g/mol. The van der Waals surface area contributed by atoms with E-state index in [9.17, 15) is 0 Å². The molecule has 246 valence electrons. The number of rotatable bonds is 5. The summed E-state index contributed by atoms with van der Waals surface area (Å²) in [6.07, 6.45) is 8.59. The topological polar surface area (TPSA) is 38.8 Å². The van der Waals surface area contributed by atoms with Crippen LogP contribution in [0.3, 0.4) is 0 Å². The first-order valence-electron chi connectivity index (χ1n) is 17.7. The summed E-state index contributed by atoms with van der Waals surface area (Å²) in [7, 11) is 0. The van der Waals surface area contributed by atoms with Crippen LogP contribution in [-0.2, 0) is 0 Å². The summed E-state index contributed by atoms with van der Waals surface area (Å²) in [5.41, 5.74) is 12.3. The van der Waals surface area contributed by atoms with Crippen LogP contribution < -0.4 is 9.64 Å². The third kappa shape index (κ3) is 4.47. The number of hydrogen-bond donors (Lipinski definition) is 0. The minimum Gasteiger partial charge on any atom is -0.485 e. The van der Waals surface area contributed by atoms with E-state index in [2.05, 4.69) is 157 Å². The lowest BCUT2D eigenvalue weighted by Gasteiger charge is -2.26. The Morgan fingerprint density at radius 1 is 0.442 bits per heavy atom. The molecular formula is C48H31NO3. The molecule has 0 fully saturated rings. The molecule has 0 amide bonds. The van der Waals surface area contributed by atoms with Crippen LogP contribution in [0.25, 0.3) is 66.1 Å². The molecule has 11 rings (SSSR count). The Morgan fingerprint density at radius 3 is 1.56 bits per heavy atom. The third-order valence-corrected chi connectivity index (χ3v) is 10.6. The first-order valence-corrected chi connectivity index (χ1v) is 17.7. The van der Waals surface area contributed by atoms with Gasteiger partial charge in [-0.1, -0.05) is 121 Å². The van der Waals surface area contributed by atoms with Crippen LogP contribution >= 0.6 is 0 Å². The highest BCUT2D eigenvalue weighted by atomic mass is 16.5. The second-order valence-corrected chi connectivity index (χ2v) is 13.6. The van der Waals surface area contributed by atoms with E-state index in [0.29, 0.717) is 0 Å². The van der Waals surface area contributed by atoms with Gasteiger partial charge < -0.3 is 18.5 Å². The lowest BCUT2D eigenvalue weighted by Crippen LogP contribution is -2.15. The number of nitrogens with zero attached hydrogens (tertiary/aromatic N) is 1. The van der Waals surface area contributed by atoms with Crippen molar-refractivity contribution in [3.8, 4) is 28.0 Å². The van der Waals surface area contributed by atoms with E-state index in [1.165, 1.54) is 5.56 Å². The molecule has 1 aliphatic heterocycles. The average molecular weight is 670 g/mol. The lowest BCUT2D eigenvalue weighted by molar-refractivity contribution is 0.269. The lowest BCUT2D eigenvalue weighted by atomic mass is 9.92. The highest BCUT2D eigenvalue weighted by molar-refractivity contribution is 6.10. The van der Waals surface area contributed by atoms with Gasteiger partial charge in [0.05, 0.1) is 0 Å². The van der Waals surface area contributed by atoms with Crippen LogP contribution in [0.1, 0.15) is 11.5 Å². The van der Waals surface area contributed by atoms with Crippen molar-refractivity contribution in [3.05, 3.63) is 182 Å². The molecule has 4 heteroatoms. The molecular weight excluding hydrogens is 639 g/mol. The number of fused-ring (bicyclic) bond motifs is 9. The van der Waals surface area contributed by atoms with Crippen LogP contribution in [-0.4, -0.2) is 6.10 Å². The zero-order valence-corrected chi connectivity index (χ0v) is 28.1. The molecule has 0 saturated heterocycles. The van der Waals surface area contributed by atoms with Gasteiger partial charge in [-0.05, 0) is 59.7 Å². The molecule has 0 radical (unpaired) electrons. The Hall–Kier alpha value is -6.78. The summed E-state index contributed by atoms with van der Waals surface area (Å²) < 4.78 is 19.2. The molecule has 0 spiro atoms. The minimum atomic E-state index is 0.0317. The van der Waals surface area contributed by atoms with Crippen molar-refractivity contribution in [2.75, 3.05) is 4.90 Å². The van der Waals surface area contributed by atoms with E-state index in [4.69, 9.17) is 13.6 Å². The highest BCUT2D eigenvalue weighted by Gasteiger charge is 2.32. The molecule has 4 nitrogen and oxygen atoms in total. The highest BCUT2D eigenvalue weighted by Crippen LogP contribution is 2.46. The average Bonchev–Trinajstić information content (AvgIpc) is 3.90. The molecule has 1 aliphatic carbocycles. The van der Waals surface area contributed by atoms with E-state index >= 15 is 0 Å². The number of ether oxygens (including phenoxy) is 1. The van der Waals surface area contributed by atoms with Gasteiger partial charge in [-0.2, -0.15) is 0 Å². The third-order valence-electron chi connectivity index (χ3n) is 10.6. The van der Waals surface area contributed by atoms with Crippen LogP contribution in [0.5, 0.6) is 5.75 Å². The standard InChI is InChI=1S/C48H31NO3/c1-4-16-43-37(9-1)40-28-27-34(29-46(40)50-43)49(32-23-19-30(20-24-32)35-12-7-14-41-38-10-2-5-17-44(38)51-47(35)41)33-25-21-31(22-26-33)36-13-8-15-42-39-11-3-6-18-45(39)52-48(36)42/h1-29,37,43H. The minimum absolute atomic E-state index is 0.0317. The Labute approximate surface area is 300 Å². The molecule has 0 saturated carbocycles. The predicted molar refractivity (Wildman–Crippen MR) is 212 cm³/mol. The smallest absolute Gasteiger partial charge is 0.143 e. The quantitative estimate of drug-likeness (QED) is 0.183. The van der Waals surface area contributed by atoms with E-state index in [1.807, 2.05) is 24.3 Å². The molecule has 52 heavy (non-hydrogen) atoms. The number of hydrogen-bond acceptors (Lipinski definition) is 4. The second kappa shape index (κ2) is 11.4. The zero-order chi connectivity index (χ0) is 34.2. The summed E-state index contributed by atoms with van der Waals surface area (Å²) in [6.45, 7) is 0. The molecule has 2 atom stereocenters. The van der Waals surface area contributed by atoms with Crippen molar-refractivity contribution in [1.29, 1.82) is 0 Å². The second-order valence-electron chi connectivity index (χ2n) is 13.6. The van der Waals surface area contributed by atoms with Crippen LogP contribution in [0.4, 0.5) is 17.1 Å². The first kappa shape index (κ1) is 29.0. The molecule has 0 bridgehead atoms. The van der Waals surface area contributed by atoms with Crippen molar-refractivity contribution in [2.45, 2.75) is 12.0 Å². The molecule has 7 aromatic carbocycles. The molecule has 0 N–H and O–H groups in total. The molecule has 2 aliphatic rings. The van der Waals surface area contributed by atoms with Gasteiger partial charge in [0.1, 0.15) is 34.2 Å². The van der Waals surface area contributed by atoms with Gasteiger partial charge in [0.15, 0.2) is 0 Å². The van der Waals surface area contributed by atoms with Gasteiger partial charge in [0.2, 0.25) is 0 Å². The number of anilines is 3. The van der Waals surface area contributed by atoms with Crippen molar-refractivity contribution in [2.24, 2.45) is 0 Å². The van der Waals surface area contributed by atoms with Crippen molar-refractivity contribution in [1.82, 2.24) is 0 Å². The van der Waals surface area contributed by atoms with Crippen LogP contribution in [0.2, 0.25) is 0 Å². The number of allylic oxidation sites excluding steroid dienone is 2. The number of furan rings is 2. The van der Waals surface area contributed by atoms with Gasteiger partial charge in [-0.3, -0.25) is 0 Å². The molecule has 3 heterocycles. The van der Waals surface area contributed by atoms with E-state index < -0.39 is 0 Å². The Bertz CT molecular complexity index is 2730. The molecule has 2 aromatic heterocycles. The summed E-state index contributed by atoms with van der Waals surface area (Å²) in [5, 5.41) is 4.51. The van der Waals surface area contributed by atoms with Gasteiger partial charge in [0.25, 0.3) is 0 Å². The number of para-hydroxylation sites is 4. The van der Waals surface area contributed by atoms with Crippen molar-refractivity contribution >= 4 is 60.9 Å². The summed E-state index contributed by atoms with van der Waals surface area (Å²) in [6, 6.07) is 53.4. The summed E-state index contributed by atoms with van der Waals surface area (Å²) in [4.78, 5) is 2.30. The summed E-state index contributed by atoms with van der Waals surface area (Å²) >= 11 is 0. The fourth-order valence-electron chi connectivity index (χ4n) is 8.14. The van der Waals surface area contributed by atoms with Crippen molar-refractivity contribution < 1.29 is 13.6 Å². The molecule has 9 aromatic rings. The Kier molecular flexibility index (Phi) is 6.34. The maximum Gasteiger partial charge on any atom is 0.143 e. The predicted octanol–water partition coefficient (Wildman–Crippen LogP) is 13.3. The fraction of sp³-hybridized carbons (Fsp3) is 0.0417. The zero-order valence-electron chi connectivity index (χ0n) is 28.1. The van der Waals surface area contributed by atoms with Gasteiger partial charge >= 0.3 is 0 Å². The maximum atomic E-state index is 6.47. The van der Waals surface area contributed by atoms with E-state index in [1.54, 1.807) is 0 Å². The SMILES string of the molecule is C1=CC2Oc3cc(N(c4ccc(-c5cccc6c5oc5ccccc56)cc4)c4ccc(-c5cccc6c5oc5ccccc56)cc4)ccc3C2C=C1. The van der Waals surface area contributed by atoms with Gasteiger partial charge in [-0.25, -0.2) is 0 Å². The maximum absolute atomic E-state index is 6.47. The van der Waals surface area contributed by atoms with Gasteiger partial charge in [0, 0.05) is 67.3 Å². The van der Waals surface area contributed by atoms with Crippen LogP contribution in [0.15, 0.2) is 185 Å². The van der Waals surface area contributed by atoms with E-state index in [-0.39, 0.29) is 12.0 Å². The Morgan fingerprint density at radius 2 is 0.962 bits per heavy atom. The first-order chi connectivity index (χ1) is 25.8. The normalized spacial score (nSPS) is 16.1. The van der Waals surface area contributed by atoms with Gasteiger partial charge in [-0.15, -0.1) is 0 Å². The van der Waals surface area contributed by atoms with E-state index in [0.717, 1.165) is 88.9 Å². The number of benzene rings is 7. The fourth-order valence-corrected chi connectivity index (χ4v) is 8.14. The largest absolute Gasteiger partial charge is 0.485 e. The summed E-state index contributed by atoms with van der Waals surface area (Å²) in [5.74, 6) is 1.16. The van der Waals surface area contributed by atoms with Crippen LogP contribution in [0, 0.1) is 0 Å². The molecule has 2 unspecified atom stereocenters.